The van der Waals surface area contributed by atoms with E-state index in [1.807, 2.05) is 23.1 Å². The van der Waals surface area contributed by atoms with Gasteiger partial charge in [0, 0.05) is 24.0 Å². The number of rotatable bonds is 2. The van der Waals surface area contributed by atoms with E-state index in [4.69, 9.17) is 16.0 Å². The second kappa shape index (κ2) is 5.10. The molecule has 98 valence electrons. The van der Waals surface area contributed by atoms with Crippen molar-refractivity contribution in [2.45, 2.75) is 12.3 Å². The van der Waals surface area contributed by atoms with Crippen LogP contribution in [0.25, 0.3) is 0 Å². The molecule has 3 rings (SSSR count). The molecule has 0 radical (unpaired) electrons. The molecule has 2 heterocycles. The quantitative estimate of drug-likeness (QED) is 0.840. The number of hydrogen-bond donors (Lipinski definition) is 0. The van der Waals surface area contributed by atoms with Crippen molar-refractivity contribution in [3.8, 4) is 0 Å². The van der Waals surface area contributed by atoms with E-state index in [1.165, 1.54) is 18.1 Å². The average Bonchev–Trinajstić information content (AvgIpc) is 3.10. The summed E-state index contributed by atoms with van der Waals surface area (Å²) in [7, 11) is 0. The van der Waals surface area contributed by atoms with Gasteiger partial charge >= 0.3 is 0 Å². The van der Waals surface area contributed by atoms with E-state index in [9.17, 15) is 4.79 Å². The number of nitrogens with zero attached hydrogens (tertiary/aromatic N) is 1. The van der Waals surface area contributed by atoms with Crippen molar-refractivity contribution in [2.24, 2.45) is 0 Å². The first-order valence-electron chi connectivity index (χ1n) is 6.31. The highest BCUT2D eigenvalue weighted by molar-refractivity contribution is 6.30. The van der Waals surface area contributed by atoms with Gasteiger partial charge in [-0.25, -0.2) is 0 Å². The van der Waals surface area contributed by atoms with Gasteiger partial charge in [0.05, 0.1) is 11.8 Å². The zero-order chi connectivity index (χ0) is 13.2. The first-order chi connectivity index (χ1) is 9.24. The summed E-state index contributed by atoms with van der Waals surface area (Å²) in [6, 6.07) is 9.59. The molecule has 1 atom stereocenters. The van der Waals surface area contributed by atoms with Crippen LogP contribution in [0.15, 0.2) is 47.3 Å². The van der Waals surface area contributed by atoms with E-state index in [0.29, 0.717) is 11.5 Å². The van der Waals surface area contributed by atoms with Crippen LogP contribution < -0.4 is 0 Å². The minimum atomic E-state index is 0.0401. The lowest BCUT2D eigenvalue weighted by atomic mass is 9.99. The Bertz CT molecular complexity index is 580. The number of carbonyl (C=O) groups is 1. The minimum Gasteiger partial charge on any atom is -0.472 e. The molecule has 4 heteroatoms. The fourth-order valence-electron chi connectivity index (χ4n) is 2.55. The lowest BCUT2D eigenvalue weighted by Gasteiger charge is -2.15. The summed E-state index contributed by atoms with van der Waals surface area (Å²) in [5.74, 6) is 0.410. The van der Waals surface area contributed by atoms with Gasteiger partial charge < -0.3 is 9.32 Å². The van der Waals surface area contributed by atoms with Crippen LogP contribution in [0.5, 0.6) is 0 Å². The minimum absolute atomic E-state index is 0.0401. The Morgan fingerprint density at radius 1 is 1.37 bits per heavy atom. The van der Waals surface area contributed by atoms with Gasteiger partial charge in [-0.05, 0) is 30.2 Å². The van der Waals surface area contributed by atoms with E-state index in [2.05, 4.69) is 6.07 Å². The van der Waals surface area contributed by atoms with Gasteiger partial charge in [-0.2, -0.15) is 0 Å². The second-order valence-corrected chi connectivity index (χ2v) is 5.24. The fourth-order valence-corrected chi connectivity index (χ4v) is 2.74. The third kappa shape index (κ3) is 2.51. The van der Waals surface area contributed by atoms with Crippen LogP contribution in [-0.2, 0) is 0 Å². The SMILES string of the molecule is O=C(c1ccoc1)N1CC[C@H](c2cccc(Cl)c2)C1. The molecule has 19 heavy (non-hydrogen) atoms. The van der Waals surface area contributed by atoms with Gasteiger partial charge in [0.15, 0.2) is 0 Å². The number of benzene rings is 1. The Labute approximate surface area is 116 Å². The van der Waals surface area contributed by atoms with Crippen molar-refractivity contribution in [2.75, 3.05) is 13.1 Å². The van der Waals surface area contributed by atoms with Crippen LogP contribution in [0.4, 0.5) is 0 Å². The number of amides is 1. The zero-order valence-corrected chi connectivity index (χ0v) is 11.1. The van der Waals surface area contributed by atoms with Crippen LogP contribution in [0.2, 0.25) is 5.02 Å². The monoisotopic (exact) mass is 275 g/mol. The predicted molar refractivity (Wildman–Crippen MR) is 73.4 cm³/mol. The van der Waals surface area contributed by atoms with E-state index in [1.54, 1.807) is 6.07 Å². The lowest BCUT2D eigenvalue weighted by Crippen LogP contribution is -2.28. The molecule has 1 fully saturated rings. The highest BCUT2D eigenvalue weighted by atomic mass is 35.5. The summed E-state index contributed by atoms with van der Waals surface area (Å²) < 4.78 is 4.96. The predicted octanol–water partition coefficient (Wildman–Crippen LogP) is 3.56. The third-order valence-electron chi connectivity index (χ3n) is 3.56. The Morgan fingerprint density at radius 2 is 2.26 bits per heavy atom. The molecule has 1 saturated heterocycles. The highest BCUT2D eigenvalue weighted by Gasteiger charge is 2.28. The van der Waals surface area contributed by atoms with E-state index >= 15 is 0 Å². The molecule has 2 aromatic rings. The Hall–Kier alpha value is -1.74. The maximum atomic E-state index is 12.2. The maximum Gasteiger partial charge on any atom is 0.257 e. The molecule has 1 amide bonds. The average molecular weight is 276 g/mol. The molecule has 1 aromatic heterocycles. The number of likely N-dealkylation sites (tertiary alicyclic amines) is 1. The summed E-state index contributed by atoms with van der Waals surface area (Å²) in [5, 5.41) is 0.747. The number of carbonyl (C=O) groups excluding carboxylic acids is 1. The van der Waals surface area contributed by atoms with Crippen molar-refractivity contribution in [3.63, 3.8) is 0 Å². The molecule has 1 aliphatic heterocycles. The Balaban J connectivity index is 1.72. The summed E-state index contributed by atoms with van der Waals surface area (Å²) in [4.78, 5) is 14.1. The van der Waals surface area contributed by atoms with Crippen LogP contribution >= 0.6 is 11.6 Å². The van der Waals surface area contributed by atoms with E-state index < -0.39 is 0 Å². The van der Waals surface area contributed by atoms with E-state index in [0.717, 1.165) is 24.5 Å². The second-order valence-electron chi connectivity index (χ2n) is 4.80. The molecular formula is C15H14ClNO2. The van der Waals surface area contributed by atoms with Gasteiger partial charge in [0.2, 0.25) is 0 Å². The van der Waals surface area contributed by atoms with E-state index in [-0.39, 0.29) is 5.91 Å². The van der Waals surface area contributed by atoms with Crippen molar-refractivity contribution >= 4 is 17.5 Å². The molecule has 0 aliphatic carbocycles. The standard InChI is InChI=1S/C15H14ClNO2/c16-14-3-1-2-11(8-14)12-4-6-17(9-12)15(18)13-5-7-19-10-13/h1-3,5,7-8,10,12H,4,6,9H2/t12-/m0/s1. The molecule has 0 N–H and O–H groups in total. The van der Waals surface area contributed by atoms with Gasteiger partial charge in [-0.3, -0.25) is 4.79 Å². The number of halogens is 1. The highest BCUT2D eigenvalue weighted by Crippen LogP contribution is 2.29. The maximum absolute atomic E-state index is 12.2. The lowest BCUT2D eigenvalue weighted by molar-refractivity contribution is 0.0790. The first-order valence-corrected chi connectivity index (χ1v) is 6.69. The summed E-state index contributed by atoms with van der Waals surface area (Å²) >= 11 is 6.01. The van der Waals surface area contributed by atoms with Crippen molar-refractivity contribution in [1.29, 1.82) is 0 Å². The largest absolute Gasteiger partial charge is 0.472 e. The van der Waals surface area contributed by atoms with Gasteiger partial charge in [0.25, 0.3) is 5.91 Å². The Kier molecular flexibility index (Phi) is 3.30. The summed E-state index contributed by atoms with van der Waals surface area (Å²) in [6.45, 7) is 1.52. The third-order valence-corrected chi connectivity index (χ3v) is 3.80. The molecular weight excluding hydrogens is 262 g/mol. The molecule has 0 spiro atoms. The van der Waals surface area contributed by atoms with Crippen LogP contribution in [-0.4, -0.2) is 23.9 Å². The molecule has 0 unspecified atom stereocenters. The molecule has 3 nitrogen and oxygen atoms in total. The smallest absolute Gasteiger partial charge is 0.257 e. The summed E-state index contributed by atoms with van der Waals surface area (Å²) in [5.41, 5.74) is 1.82. The van der Waals surface area contributed by atoms with Gasteiger partial charge in [0.1, 0.15) is 6.26 Å². The van der Waals surface area contributed by atoms with Crippen LogP contribution in [0.1, 0.15) is 28.3 Å². The van der Waals surface area contributed by atoms with Crippen molar-refractivity contribution < 1.29 is 9.21 Å². The van der Waals surface area contributed by atoms with Crippen molar-refractivity contribution in [3.05, 3.63) is 59.0 Å². The van der Waals surface area contributed by atoms with Gasteiger partial charge in [-0.1, -0.05) is 23.7 Å². The molecule has 1 aromatic carbocycles. The normalized spacial score (nSPS) is 18.8. The first kappa shape index (κ1) is 12.3. The van der Waals surface area contributed by atoms with Crippen molar-refractivity contribution in [1.82, 2.24) is 4.90 Å². The number of furan rings is 1. The van der Waals surface area contributed by atoms with Gasteiger partial charge in [-0.15, -0.1) is 0 Å². The Morgan fingerprint density at radius 3 is 3.00 bits per heavy atom. The zero-order valence-electron chi connectivity index (χ0n) is 10.4. The molecule has 0 bridgehead atoms. The topological polar surface area (TPSA) is 33.5 Å². The fraction of sp³-hybridized carbons (Fsp3) is 0.267. The van der Waals surface area contributed by atoms with Crippen LogP contribution in [0, 0.1) is 0 Å². The summed E-state index contributed by atoms with van der Waals surface area (Å²) in [6.07, 6.45) is 4.00. The molecule has 1 aliphatic rings. The molecule has 0 saturated carbocycles. The number of hydrogen-bond acceptors (Lipinski definition) is 2. The van der Waals surface area contributed by atoms with Crippen LogP contribution in [0.3, 0.4) is 0 Å².